The van der Waals surface area contributed by atoms with Crippen molar-refractivity contribution in [3.05, 3.63) is 41.7 Å². The van der Waals surface area contributed by atoms with Crippen LogP contribution in [0.4, 0.5) is 0 Å². The fourth-order valence-corrected chi connectivity index (χ4v) is 2.61. The second-order valence-corrected chi connectivity index (χ2v) is 4.45. The highest BCUT2D eigenvalue weighted by Crippen LogP contribution is 2.30. The second-order valence-electron chi connectivity index (χ2n) is 4.45. The van der Waals surface area contributed by atoms with Gasteiger partial charge < -0.3 is 5.32 Å². The predicted molar refractivity (Wildman–Crippen MR) is 60.6 cm³/mol. The van der Waals surface area contributed by atoms with Gasteiger partial charge >= 0.3 is 0 Å². The van der Waals surface area contributed by atoms with Crippen LogP contribution >= 0.6 is 0 Å². The van der Waals surface area contributed by atoms with Crippen LogP contribution in [0.3, 0.4) is 0 Å². The molecule has 1 aromatic rings. The minimum absolute atomic E-state index is 0.492. The van der Waals surface area contributed by atoms with E-state index >= 15 is 0 Å². The molecule has 2 nitrogen and oxygen atoms in total. The smallest absolute Gasteiger partial charge is 0.0605 e. The van der Waals surface area contributed by atoms with E-state index in [0.717, 1.165) is 0 Å². The van der Waals surface area contributed by atoms with E-state index in [1.807, 2.05) is 12.3 Å². The Hall–Kier alpha value is -1.15. The zero-order valence-electron chi connectivity index (χ0n) is 8.82. The SMILES string of the molecule is C1=CCC(NC2CCc3cccnc32)C1. The summed E-state index contributed by atoms with van der Waals surface area (Å²) in [6.45, 7) is 0. The van der Waals surface area contributed by atoms with Crippen molar-refractivity contribution in [2.24, 2.45) is 0 Å². The molecule has 3 rings (SSSR count). The van der Waals surface area contributed by atoms with Crippen LogP contribution in [-0.2, 0) is 6.42 Å². The molecule has 0 aliphatic heterocycles. The summed E-state index contributed by atoms with van der Waals surface area (Å²) in [6.07, 6.45) is 11.2. The number of pyridine rings is 1. The summed E-state index contributed by atoms with van der Waals surface area (Å²) in [5.41, 5.74) is 2.71. The second kappa shape index (κ2) is 3.78. The zero-order valence-corrected chi connectivity index (χ0v) is 8.82. The molecule has 2 aliphatic rings. The van der Waals surface area contributed by atoms with Gasteiger partial charge in [-0.1, -0.05) is 18.2 Å². The lowest BCUT2D eigenvalue weighted by Crippen LogP contribution is -2.30. The van der Waals surface area contributed by atoms with Crippen molar-refractivity contribution in [3.8, 4) is 0 Å². The van der Waals surface area contributed by atoms with E-state index in [-0.39, 0.29) is 0 Å². The molecule has 0 saturated carbocycles. The molecule has 0 aromatic carbocycles. The third-order valence-corrected chi connectivity index (χ3v) is 3.40. The van der Waals surface area contributed by atoms with Crippen molar-refractivity contribution in [1.82, 2.24) is 10.3 Å². The van der Waals surface area contributed by atoms with E-state index in [0.29, 0.717) is 12.1 Å². The Morgan fingerprint density at radius 3 is 3.00 bits per heavy atom. The molecule has 0 spiro atoms. The van der Waals surface area contributed by atoms with E-state index in [1.54, 1.807) is 0 Å². The van der Waals surface area contributed by atoms with Gasteiger partial charge in [0.2, 0.25) is 0 Å². The van der Waals surface area contributed by atoms with Crippen LogP contribution in [-0.4, -0.2) is 11.0 Å². The highest BCUT2D eigenvalue weighted by Gasteiger charge is 2.25. The van der Waals surface area contributed by atoms with Gasteiger partial charge in [-0.05, 0) is 37.3 Å². The molecule has 0 bridgehead atoms. The largest absolute Gasteiger partial charge is 0.305 e. The fourth-order valence-electron chi connectivity index (χ4n) is 2.61. The van der Waals surface area contributed by atoms with Gasteiger partial charge in [0.25, 0.3) is 0 Å². The maximum absolute atomic E-state index is 4.50. The number of nitrogens with one attached hydrogen (secondary N) is 1. The van der Waals surface area contributed by atoms with Crippen molar-refractivity contribution in [2.75, 3.05) is 0 Å². The number of hydrogen-bond donors (Lipinski definition) is 1. The summed E-state index contributed by atoms with van der Waals surface area (Å²) in [4.78, 5) is 4.50. The molecule has 0 fully saturated rings. The quantitative estimate of drug-likeness (QED) is 0.741. The summed E-state index contributed by atoms with van der Waals surface area (Å²) in [5.74, 6) is 0. The molecule has 1 heterocycles. The Morgan fingerprint density at radius 1 is 1.27 bits per heavy atom. The molecule has 1 N–H and O–H groups in total. The Labute approximate surface area is 90.4 Å². The molecule has 15 heavy (non-hydrogen) atoms. The minimum atomic E-state index is 0.492. The van der Waals surface area contributed by atoms with Gasteiger partial charge in [0.1, 0.15) is 0 Å². The van der Waals surface area contributed by atoms with Crippen molar-refractivity contribution in [1.29, 1.82) is 0 Å². The molecule has 0 radical (unpaired) electrons. The third kappa shape index (κ3) is 1.70. The van der Waals surface area contributed by atoms with Crippen LogP contribution < -0.4 is 5.32 Å². The standard InChI is InChI=1S/C13H16N2/c1-2-6-11(5-1)15-12-8-7-10-4-3-9-14-13(10)12/h1-4,9,11-12,15H,5-8H2. The van der Waals surface area contributed by atoms with Crippen molar-refractivity contribution in [2.45, 2.75) is 37.8 Å². The maximum atomic E-state index is 4.50. The summed E-state index contributed by atoms with van der Waals surface area (Å²) < 4.78 is 0. The van der Waals surface area contributed by atoms with E-state index in [1.165, 1.54) is 36.9 Å². The molecule has 0 amide bonds. The third-order valence-electron chi connectivity index (χ3n) is 3.40. The van der Waals surface area contributed by atoms with Crippen LogP contribution in [0.15, 0.2) is 30.5 Å². The number of hydrogen-bond acceptors (Lipinski definition) is 2. The normalized spacial score (nSPS) is 24.7. The Morgan fingerprint density at radius 2 is 2.13 bits per heavy atom. The van der Waals surface area contributed by atoms with Gasteiger partial charge in [-0.25, -0.2) is 0 Å². The molecule has 78 valence electrons. The van der Waals surface area contributed by atoms with E-state index in [4.69, 9.17) is 0 Å². The molecular weight excluding hydrogens is 184 g/mol. The highest BCUT2D eigenvalue weighted by molar-refractivity contribution is 5.28. The molecule has 0 saturated heterocycles. The molecular formula is C13H16N2. The Kier molecular flexibility index (Phi) is 2.29. The van der Waals surface area contributed by atoms with Crippen LogP contribution in [0.5, 0.6) is 0 Å². The van der Waals surface area contributed by atoms with Gasteiger partial charge in [-0.3, -0.25) is 4.98 Å². The Bertz CT molecular complexity index is 376. The average Bonchev–Trinajstić information content (AvgIpc) is 2.89. The van der Waals surface area contributed by atoms with E-state index < -0.39 is 0 Å². The van der Waals surface area contributed by atoms with Gasteiger partial charge in [0, 0.05) is 12.2 Å². The van der Waals surface area contributed by atoms with E-state index in [9.17, 15) is 0 Å². The van der Waals surface area contributed by atoms with Crippen LogP contribution in [0.2, 0.25) is 0 Å². The van der Waals surface area contributed by atoms with Crippen LogP contribution in [0, 0.1) is 0 Å². The molecule has 1 aromatic heterocycles. The van der Waals surface area contributed by atoms with Crippen molar-refractivity contribution < 1.29 is 0 Å². The summed E-state index contributed by atoms with van der Waals surface area (Å²) in [7, 11) is 0. The Balaban J connectivity index is 1.73. The minimum Gasteiger partial charge on any atom is -0.305 e. The molecule has 2 aliphatic carbocycles. The first-order valence-electron chi connectivity index (χ1n) is 5.78. The monoisotopic (exact) mass is 200 g/mol. The van der Waals surface area contributed by atoms with Crippen molar-refractivity contribution in [3.63, 3.8) is 0 Å². The topological polar surface area (TPSA) is 24.9 Å². The van der Waals surface area contributed by atoms with Gasteiger partial charge in [-0.15, -0.1) is 0 Å². The average molecular weight is 200 g/mol. The molecule has 2 heteroatoms. The highest BCUT2D eigenvalue weighted by atomic mass is 15.0. The maximum Gasteiger partial charge on any atom is 0.0605 e. The summed E-state index contributed by atoms with van der Waals surface area (Å²) in [6, 6.07) is 5.38. The number of aryl methyl sites for hydroxylation is 1. The predicted octanol–water partition coefficient (Wildman–Crippen LogP) is 2.38. The molecule has 1 atom stereocenters. The first kappa shape index (κ1) is 9.10. The summed E-state index contributed by atoms with van der Waals surface area (Å²) >= 11 is 0. The molecule has 1 unspecified atom stereocenters. The number of fused-ring (bicyclic) bond motifs is 1. The zero-order chi connectivity index (χ0) is 10.1. The van der Waals surface area contributed by atoms with Gasteiger partial charge in [0.15, 0.2) is 0 Å². The lowest BCUT2D eigenvalue weighted by Gasteiger charge is -2.18. The van der Waals surface area contributed by atoms with Crippen molar-refractivity contribution >= 4 is 0 Å². The number of aromatic nitrogens is 1. The van der Waals surface area contributed by atoms with Gasteiger partial charge in [-0.2, -0.15) is 0 Å². The first-order valence-corrected chi connectivity index (χ1v) is 5.78. The lowest BCUT2D eigenvalue weighted by molar-refractivity contribution is 0.440. The lowest BCUT2D eigenvalue weighted by atomic mass is 10.1. The van der Waals surface area contributed by atoms with E-state index in [2.05, 4.69) is 28.5 Å². The summed E-state index contributed by atoms with van der Waals surface area (Å²) in [5, 5.41) is 3.71. The van der Waals surface area contributed by atoms with Gasteiger partial charge in [0.05, 0.1) is 11.7 Å². The first-order chi connectivity index (χ1) is 7.43. The number of rotatable bonds is 2. The van der Waals surface area contributed by atoms with Crippen LogP contribution in [0.1, 0.15) is 36.6 Å². The van der Waals surface area contributed by atoms with Crippen LogP contribution in [0.25, 0.3) is 0 Å². The fraction of sp³-hybridized carbons (Fsp3) is 0.462. The number of nitrogens with zero attached hydrogens (tertiary/aromatic N) is 1.